The number of rotatable bonds is 5. The van der Waals surface area contributed by atoms with Crippen molar-refractivity contribution in [2.24, 2.45) is 4.99 Å². The molecule has 0 aliphatic heterocycles. The van der Waals surface area contributed by atoms with Crippen molar-refractivity contribution in [1.29, 1.82) is 0 Å². The zero-order valence-corrected chi connectivity index (χ0v) is 14.4. The summed E-state index contributed by atoms with van der Waals surface area (Å²) >= 11 is 0.968. The number of ether oxygens (including phenoxy) is 1. The third-order valence-corrected chi connectivity index (χ3v) is 4.50. The maximum Gasteiger partial charge on any atom is 0.341 e. The minimum atomic E-state index is -0.863. The van der Waals surface area contributed by atoms with Gasteiger partial charge in [0.05, 0.1) is 17.0 Å². The highest BCUT2D eigenvalue weighted by Gasteiger charge is 2.23. The van der Waals surface area contributed by atoms with Gasteiger partial charge in [-0.3, -0.25) is 19.6 Å². The third-order valence-electron chi connectivity index (χ3n) is 3.20. The number of hydrogen-bond donors (Lipinski definition) is 3. The lowest BCUT2D eigenvalue weighted by atomic mass is 10.1. The van der Waals surface area contributed by atoms with Crippen LogP contribution in [0, 0.1) is 6.92 Å². The molecule has 0 unspecified atom stereocenters. The summed E-state index contributed by atoms with van der Waals surface area (Å²) in [7, 11) is 0. The molecule has 132 valence electrons. The number of aromatic amines is 2. The van der Waals surface area contributed by atoms with E-state index in [4.69, 9.17) is 4.74 Å². The second-order valence-corrected chi connectivity index (χ2v) is 5.94. The van der Waals surface area contributed by atoms with Gasteiger partial charge < -0.3 is 9.84 Å². The van der Waals surface area contributed by atoms with E-state index in [-0.39, 0.29) is 28.5 Å². The molecule has 0 radical (unpaired) electrons. The summed E-state index contributed by atoms with van der Waals surface area (Å²) in [4.78, 5) is 55.0. The number of thiophene rings is 1. The zero-order chi connectivity index (χ0) is 18.7. The molecule has 0 atom stereocenters. The molecule has 3 N–H and O–H groups in total. The Morgan fingerprint density at radius 3 is 2.56 bits per heavy atom. The van der Waals surface area contributed by atoms with Crippen LogP contribution in [0.3, 0.4) is 0 Å². The first-order chi connectivity index (χ1) is 11.8. The van der Waals surface area contributed by atoms with Gasteiger partial charge in [0.25, 0.3) is 5.56 Å². The number of carbonyl (C=O) groups excluding carboxylic acids is 2. The van der Waals surface area contributed by atoms with E-state index >= 15 is 0 Å². The number of esters is 1. The second kappa shape index (κ2) is 7.26. The van der Waals surface area contributed by atoms with E-state index in [2.05, 4.69) is 4.99 Å². The monoisotopic (exact) mass is 365 g/mol. The van der Waals surface area contributed by atoms with Gasteiger partial charge in [-0.2, -0.15) is 0 Å². The molecule has 0 aromatic carbocycles. The Kier molecular flexibility index (Phi) is 5.32. The van der Waals surface area contributed by atoms with Gasteiger partial charge in [-0.1, -0.05) is 0 Å². The standard InChI is InChI=1S/C15H15N3O6S/c1-4-24-14(22)9-6(2)10(7(3)19)25-13(9)16-5-8-11(20)17-15(23)18-12(8)21/h5H,4H2,1-3H3,(H3,17,18,20,21,23). The average Bonchev–Trinajstić information content (AvgIpc) is 2.83. The number of carbonyl (C=O) groups is 2. The molecule has 0 bridgehead atoms. The number of hydrogen-bond acceptors (Lipinski definition) is 8. The van der Waals surface area contributed by atoms with Crippen molar-refractivity contribution in [1.82, 2.24) is 9.97 Å². The normalized spacial score (nSPS) is 11.0. The van der Waals surface area contributed by atoms with Crippen molar-refractivity contribution < 1.29 is 19.4 Å². The highest BCUT2D eigenvalue weighted by atomic mass is 32.1. The van der Waals surface area contributed by atoms with Gasteiger partial charge in [0.2, 0.25) is 5.88 Å². The van der Waals surface area contributed by atoms with E-state index in [9.17, 15) is 24.3 Å². The lowest BCUT2D eigenvalue weighted by Crippen LogP contribution is -2.24. The summed E-state index contributed by atoms with van der Waals surface area (Å²) in [5.74, 6) is -1.54. The fourth-order valence-electron chi connectivity index (χ4n) is 2.10. The molecule has 2 aromatic rings. The Morgan fingerprint density at radius 1 is 1.32 bits per heavy atom. The molecule has 25 heavy (non-hydrogen) atoms. The van der Waals surface area contributed by atoms with E-state index in [1.807, 2.05) is 9.97 Å². The lowest BCUT2D eigenvalue weighted by Gasteiger charge is -2.02. The largest absolute Gasteiger partial charge is 0.494 e. The fourth-order valence-corrected chi connectivity index (χ4v) is 3.13. The van der Waals surface area contributed by atoms with Gasteiger partial charge in [-0.05, 0) is 26.3 Å². The Bertz CT molecular complexity index is 982. The van der Waals surface area contributed by atoms with Gasteiger partial charge in [0, 0.05) is 6.21 Å². The van der Waals surface area contributed by atoms with E-state index in [0.29, 0.717) is 10.4 Å². The average molecular weight is 365 g/mol. The summed E-state index contributed by atoms with van der Waals surface area (Å²) in [5.41, 5.74) is -1.44. The number of H-pyrrole nitrogens is 2. The number of aromatic nitrogens is 2. The molecule has 0 saturated heterocycles. The van der Waals surface area contributed by atoms with Crippen molar-refractivity contribution in [3.63, 3.8) is 0 Å². The number of aromatic hydroxyl groups is 1. The number of aliphatic imine (C=N–C) groups is 1. The molecule has 2 heterocycles. The molecular formula is C15H15N3O6S. The van der Waals surface area contributed by atoms with Crippen LogP contribution in [0.25, 0.3) is 0 Å². The van der Waals surface area contributed by atoms with Crippen LogP contribution in [-0.2, 0) is 4.74 Å². The van der Waals surface area contributed by atoms with Crippen molar-refractivity contribution in [2.75, 3.05) is 6.61 Å². The van der Waals surface area contributed by atoms with E-state index in [1.165, 1.54) is 6.92 Å². The highest BCUT2D eigenvalue weighted by molar-refractivity contribution is 7.18. The van der Waals surface area contributed by atoms with Gasteiger partial charge >= 0.3 is 11.7 Å². The highest BCUT2D eigenvalue weighted by Crippen LogP contribution is 2.36. The van der Waals surface area contributed by atoms with Crippen LogP contribution in [0.15, 0.2) is 14.6 Å². The van der Waals surface area contributed by atoms with E-state index < -0.39 is 23.1 Å². The van der Waals surface area contributed by atoms with Crippen LogP contribution >= 0.6 is 11.3 Å². The third kappa shape index (κ3) is 3.74. The maximum atomic E-state index is 12.1. The molecule has 0 fully saturated rings. The first-order valence-electron chi connectivity index (χ1n) is 7.17. The van der Waals surface area contributed by atoms with E-state index in [0.717, 1.165) is 17.6 Å². The topological polar surface area (TPSA) is 142 Å². The molecule has 0 spiro atoms. The summed E-state index contributed by atoms with van der Waals surface area (Å²) < 4.78 is 4.98. The Morgan fingerprint density at radius 2 is 2.00 bits per heavy atom. The zero-order valence-electron chi connectivity index (χ0n) is 13.6. The summed E-state index contributed by atoms with van der Waals surface area (Å²) in [6, 6.07) is 0. The predicted molar refractivity (Wildman–Crippen MR) is 91.6 cm³/mol. The predicted octanol–water partition coefficient (Wildman–Crippen LogP) is 1.27. The van der Waals surface area contributed by atoms with Gasteiger partial charge in [0.1, 0.15) is 10.6 Å². The van der Waals surface area contributed by atoms with Crippen LogP contribution in [0.5, 0.6) is 5.88 Å². The molecule has 0 saturated carbocycles. The van der Waals surface area contributed by atoms with Gasteiger partial charge in [-0.25, -0.2) is 14.6 Å². The summed E-state index contributed by atoms with van der Waals surface area (Å²) in [6.45, 7) is 4.75. The number of nitrogens with one attached hydrogen (secondary N) is 2. The SMILES string of the molecule is CCOC(=O)c1c(N=Cc2c(O)[nH]c(=O)[nH]c2=O)sc(C(C)=O)c1C. The molecule has 2 aromatic heterocycles. The van der Waals surface area contributed by atoms with Gasteiger partial charge in [-0.15, -0.1) is 11.3 Å². The molecule has 0 amide bonds. The maximum absolute atomic E-state index is 12.1. The first kappa shape index (κ1) is 18.3. The lowest BCUT2D eigenvalue weighted by molar-refractivity contribution is 0.0527. The second-order valence-electron chi connectivity index (χ2n) is 4.94. The summed E-state index contributed by atoms with van der Waals surface area (Å²) in [5, 5.41) is 9.81. The van der Waals surface area contributed by atoms with Gasteiger partial charge in [0.15, 0.2) is 5.78 Å². The van der Waals surface area contributed by atoms with Crippen LogP contribution in [0.2, 0.25) is 0 Å². The molecular weight excluding hydrogens is 350 g/mol. The molecule has 10 heteroatoms. The van der Waals surface area contributed by atoms with E-state index in [1.54, 1.807) is 13.8 Å². The smallest absolute Gasteiger partial charge is 0.341 e. The first-order valence-corrected chi connectivity index (χ1v) is 7.99. The molecule has 2 rings (SSSR count). The van der Waals surface area contributed by atoms with Crippen LogP contribution in [-0.4, -0.2) is 39.6 Å². The summed E-state index contributed by atoms with van der Waals surface area (Å²) in [6.07, 6.45) is 1.00. The molecule has 0 aliphatic rings. The Balaban J connectivity index is 2.58. The number of ketones is 1. The molecule has 0 aliphatic carbocycles. The molecule has 9 nitrogen and oxygen atoms in total. The van der Waals surface area contributed by atoms with Crippen LogP contribution in [0.1, 0.15) is 45.0 Å². The Hall–Kier alpha value is -3.01. The minimum absolute atomic E-state index is 0.119. The van der Waals surface area contributed by atoms with Crippen LogP contribution in [0.4, 0.5) is 5.00 Å². The van der Waals surface area contributed by atoms with Crippen LogP contribution < -0.4 is 11.2 Å². The number of Topliss-reactive ketones (excluding diaryl/α,β-unsaturated/α-hetero) is 1. The minimum Gasteiger partial charge on any atom is -0.494 e. The van der Waals surface area contributed by atoms with Crippen molar-refractivity contribution in [2.45, 2.75) is 20.8 Å². The van der Waals surface area contributed by atoms with Crippen molar-refractivity contribution >= 4 is 34.3 Å². The fraction of sp³-hybridized carbons (Fsp3) is 0.267. The number of nitrogens with zero attached hydrogens (tertiary/aromatic N) is 1. The Labute approximate surface area is 145 Å². The van der Waals surface area contributed by atoms with Crippen molar-refractivity contribution in [3.05, 3.63) is 42.4 Å². The quantitative estimate of drug-likeness (QED) is 0.414. The van der Waals surface area contributed by atoms with Crippen molar-refractivity contribution in [3.8, 4) is 5.88 Å².